The van der Waals surface area contributed by atoms with Crippen molar-refractivity contribution < 1.29 is 71.3 Å². The van der Waals surface area contributed by atoms with Crippen molar-refractivity contribution in [2.45, 2.75) is 122 Å². The third-order valence-corrected chi connectivity index (χ3v) is 7.49. The van der Waals surface area contributed by atoms with E-state index in [0.29, 0.717) is 0 Å². The maximum atomic E-state index is 12.2. The fraction of sp³-hybridized carbons (Fsp3) is 0.656. The van der Waals surface area contributed by atoms with Crippen LogP contribution in [0.1, 0.15) is 54.0 Å². The molecule has 48 heavy (non-hydrogen) atoms. The van der Waals surface area contributed by atoms with Crippen molar-refractivity contribution >= 4 is 29.8 Å². The van der Waals surface area contributed by atoms with Crippen molar-refractivity contribution in [3.05, 3.63) is 35.9 Å². The average Bonchev–Trinajstić information content (AvgIpc) is 3.32. The monoisotopic (exact) mass is 681 g/mol. The van der Waals surface area contributed by atoms with Gasteiger partial charge in [-0.25, -0.2) is 0 Å². The number of hydrogen-bond acceptors (Lipinski definition) is 15. The molecule has 0 bridgehead atoms. The van der Waals surface area contributed by atoms with Gasteiger partial charge in [0.15, 0.2) is 36.7 Å². The number of amides is 1. The smallest absolute Gasteiger partial charge is 0.303 e. The van der Waals surface area contributed by atoms with Crippen LogP contribution in [0.5, 0.6) is 0 Å². The SMILES string of the molecule is CC(=O)NC1C(OCc2ccccc2)OC(COC2OC(COC(C)=O)C(OC(C)=O)C(OC(C)=O)C2OC(C)=O)C2OC(C)(C)OC12. The van der Waals surface area contributed by atoms with Crippen molar-refractivity contribution in [1.29, 1.82) is 0 Å². The summed E-state index contributed by atoms with van der Waals surface area (Å²) in [5.74, 6) is -4.37. The molecule has 266 valence electrons. The largest absolute Gasteiger partial charge is 0.463 e. The lowest BCUT2D eigenvalue weighted by atomic mass is 9.96. The zero-order valence-corrected chi connectivity index (χ0v) is 27.9. The van der Waals surface area contributed by atoms with Crippen LogP contribution in [-0.2, 0) is 77.9 Å². The number of hydrogen-bond donors (Lipinski definition) is 1. The van der Waals surface area contributed by atoms with Crippen LogP contribution < -0.4 is 5.32 Å². The predicted octanol–water partition coefficient (Wildman–Crippen LogP) is 1.05. The Hall–Kier alpha value is -3.67. The van der Waals surface area contributed by atoms with E-state index in [2.05, 4.69) is 5.32 Å². The van der Waals surface area contributed by atoms with Gasteiger partial charge < -0.3 is 52.7 Å². The standard InChI is InChI=1S/C32H43NO15/c1-16(34)33-24-27-26(47-32(6,7)48-27)23(45-30(24)40-13-21-11-9-8-10-12-21)15-41-31-29(44-20(5)38)28(43-19(4)37)25(42-18(3)36)22(46-31)14-39-17(2)35/h8-12,22-31H,13-15H2,1-7H3,(H,33,34). The maximum absolute atomic E-state index is 12.2. The van der Waals surface area contributed by atoms with E-state index in [1.54, 1.807) is 13.8 Å². The van der Waals surface area contributed by atoms with Gasteiger partial charge in [-0.05, 0) is 19.4 Å². The second kappa shape index (κ2) is 16.2. The zero-order chi connectivity index (χ0) is 35.2. The highest BCUT2D eigenvalue weighted by molar-refractivity contribution is 5.73. The molecule has 3 heterocycles. The topological polar surface area (TPSA) is 190 Å². The molecule has 16 heteroatoms. The summed E-state index contributed by atoms with van der Waals surface area (Å²) in [6, 6.07) is 8.59. The molecule has 0 aliphatic carbocycles. The molecule has 1 aromatic carbocycles. The van der Waals surface area contributed by atoms with Crippen LogP contribution in [0.3, 0.4) is 0 Å². The minimum absolute atomic E-state index is 0.149. The molecule has 0 spiro atoms. The number of fused-ring (bicyclic) bond motifs is 1. The number of benzene rings is 1. The van der Waals surface area contributed by atoms with Crippen LogP contribution in [0.15, 0.2) is 30.3 Å². The van der Waals surface area contributed by atoms with Crippen molar-refractivity contribution in [3.63, 3.8) is 0 Å². The molecule has 0 radical (unpaired) electrons. The van der Waals surface area contributed by atoms with Gasteiger partial charge in [0.1, 0.15) is 37.1 Å². The van der Waals surface area contributed by atoms with E-state index >= 15 is 0 Å². The first-order valence-electron chi connectivity index (χ1n) is 15.5. The van der Waals surface area contributed by atoms with Crippen LogP contribution in [0.4, 0.5) is 0 Å². The Labute approximate surface area is 277 Å². The molecule has 1 aromatic rings. The quantitative estimate of drug-likeness (QED) is 0.243. The van der Waals surface area contributed by atoms with E-state index in [-0.39, 0.29) is 19.1 Å². The number of esters is 4. The maximum Gasteiger partial charge on any atom is 0.303 e. The van der Waals surface area contributed by atoms with Gasteiger partial charge in [0.05, 0.1) is 13.2 Å². The molecule has 10 atom stereocenters. The van der Waals surface area contributed by atoms with E-state index in [1.807, 2.05) is 30.3 Å². The molecule has 16 nitrogen and oxygen atoms in total. The molecule has 0 saturated carbocycles. The summed E-state index contributed by atoms with van der Waals surface area (Å²) in [7, 11) is 0. The van der Waals surface area contributed by atoms with Crippen LogP contribution in [0, 0.1) is 0 Å². The lowest BCUT2D eigenvalue weighted by Crippen LogP contribution is -2.65. The third-order valence-electron chi connectivity index (χ3n) is 7.49. The van der Waals surface area contributed by atoms with Crippen LogP contribution in [0.25, 0.3) is 0 Å². The molecule has 3 aliphatic heterocycles. The van der Waals surface area contributed by atoms with Gasteiger partial charge in [0.25, 0.3) is 0 Å². The normalized spacial score (nSPS) is 32.3. The Bertz CT molecular complexity index is 1310. The Morgan fingerprint density at radius 2 is 1.27 bits per heavy atom. The van der Waals surface area contributed by atoms with Crippen molar-refractivity contribution in [3.8, 4) is 0 Å². The molecule has 10 unspecified atom stereocenters. The Kier molecular flexibility index (Phi) is 12.5. The molecule has 3 saturated heterocycles. The first-order valence-corrected chi connectivity index (χ1v) is 15.5. The van der Waals surface area contributed by atoms with Crippen LogP contribution >= 0.6 is 0 Å². The Morgan fingerprint density at radius 1 is 0.688 bits per heavy atom. The van der Waals surface area contributed by atoms with E-state index in [1.165, 1.54) is 13.8 Å². The summed E-state index contributed by atoms with van der Waals surface area (Å²) in [4.78, 5) is 60.4. The summed E-state index contributed by atoms with van der Waals surface area (Å²) >= 11 is 0. The molecule has 1 amide bonds. The van der Waals surface area contributed by atoms with Gasteiger partial charge in [0, 0.05) is 34.6 Å². The van der Waals surface area contributed by atoms with Crippen molar-refractivity contribution in [1.82, 2.24) is 5.32 Å². The van der Waals surface area contributed by atoms with Gasteiger partial charge in [-0.1, -0.05) is 30.3 Å². The summed E-state index contributed by atoms with van der Waals surface area (Å²) in [6.07, 6.45) is -10.3. The second-order valence-electron chi connectivity index (χ2n) is 12.0. The first kappa shape index (κ1) is 37.2. The number of rotatable bonds is 12. The number of ether oxygens (including phenoxy) is 10. The fourth-order valence-electron chi connectivity index (χ4n) is 5.80. The molecule has 1 N–H and O–H groups in total. The van der Waals surface area contributed by atoms with Gasteiger partial charge in [-0.15, -0.1) is 0 Å². The lowest BCUT2D eigenvalue weighted by Gasteiger charge is -2.45. The van der Waals surface area contributed by atoms with Crippen molar-refractivity contribution in [2.24, 2.45) is 0 Å². The van der Waals surface area contributed by atoms with Crippen LogP contribution in [-0.4, -0.2) is 110 Å². The Balaban J connectivity index is 1.62. The van der Waals surface area contributed by atoms with Crippen LogP contribution in [0.2, 0.25) is 0 Å². The highest BCUT2D eigenvalue weighted by Crippen LogP contribution is 2.39. The highest BCUT2D eigenvalue weighted by Gasteiger charge is 2.57. The highest BCUT2D eigenvalue weighted by atomic mass is 16.8. The lowest BCUT2D eigenvalue weighted by molar-refractivity contribution is -0.321. The summed E-state index contributed by atoms with van der Waals surface area (Å²) in [5.41, 5.74) is 0.860. The molecule has 0 aromatic heterocycles. The minimum Gasteiger partial charge on any atom is -0.463 e. The summed E-state index contributed by atoms with van der Waals surface area (Å²) in [6.45, 7) is 8.82. The van der Waals surface area contributed by atoms with Gasteiger partial charge in [-0.3, -0.25) is 24.0 Å². The number of carbonyl (C=O) groups is 5. The number of carbonyl (C=O) groups excluding carboxylic acids is 5. The van der Waals surface area contributed by atoms with E-state index in [4.69, 9.17) is 47.4 Å². The van der Waals surface area contributed by atoms with E-state index < -0.39 is 97.6 Å². The summed E-state index contributed by atoms with van der Waals surface area (Å²) in [5, 5.41) is 2.86. The molecule has 3 fully saturated rings. The van der Waals surface area contributed by atoms with E-state index in [9.17, 15) is 24.0 Å². The Morgan fingerprint density at radius 3 is 1.88 bits per heavy atom. The minimum atomic E-state index is -1.44. The first-order chi connectivity index (χ1) is 22.6. The predicted molar refractivity (Wildman–Crippen MR) is 159 cm³/mol. The second-order valence-corrected chi connectivity index (χ2v) is 12.0. The zero-order valence-electron chi connectivity index (χ0n) is 27.9. The third kappa shape index (κ3) is 9.93. The van der Waals surface area contributed by atoms with Gasteiger partial charge >= 0.3 is 23.9 Å². The molecule has 4 rings (SSSR count). The average molecular weight is 682 g/mol. The molecule has 3 aliphatic rings. The molecular weight excluding hydrogens is 638 g/mol. The summed E-state index contributed by atoms with van der Waals surface area (Å²) < 4.78 is 58.7. The molecular formula is C32H43NO15. The van der Waals surface area contributed by atoms with E-state index in [0.717, 1.165) is 26.3 Å². The number of nitrogens with one attached hydrogen (secondary N) is 1. The van der Waals surface area contributed by atoms with Crippen molar-refractivity contribution in [2.75, 3.05) is 13.2 Å². The van der Waals surface area contributed by atoms with Gasteiger partial charge in [0.2, 0.25) is 5.91 Å². The fourth-order valence-corrected chi connectivity index (χ4v) is 5.80. The van der Waals surface area contributed by atoms with Gasteiger partial charge in [-0.2, -0.15) is 0 Å².